The molecule has 1 unspecified atom stereocenters. The molecule has 106 valence electrons. The van der Waals surface area contributed by atoms with Crippen molar-refractivity contribution < 1.29 is 9.13 Å². The van der Waals surface area contributed by atoms with Crippen LogP contribution >= 0.6 is 0 Å². The maximum Gasteiger partial charge on any atom is 0.128 e. The fraction of sp³-hybridized carbons (Fsp3) is 0.625. The molecular formula is C16H24FNO. The minimum atomic E-state index is -0.185. The van der Waals surface area contributed by atoms with Crippen molar-refractivity contribution >= 4 is 0 Å². The van der Waals surface area contributed by atoms with Gasteiger partial charge in [-0.25, -0.2) is 4.39 Å². The Labute approximate surface area is 115 Å². The van der Waals surface area contributed by atoms with E-state index in [9.17, 15) is 4.39 Å². The normalized spacial score (nSPS) is 18.4. The van der Waals surface area contributed by atoms with Crippen LogP contribution < -0.4 is 5.32 Å². The first kappa shape index (κ1) is 14.5. The van der Waals surface area contributed by atoms with Gasteiger partial charge in [0.05, 0.1) is 12.7 Å². The molecule has 1 saturated carbocycles. The Balaban J connectivity index is 1.66. The van der Waals surface area contributed by atoms with Gasteiger partial charge in [0.1, 0.15) is 5.82 Å². The number of nitrogens with one attached hydrogen (secondary N) is 1. The first-order valence-electron chi connectivity index (χ1n) is 7.34. The molecule has 0 aliphatic heterocycles. The van der Waals surface area contributed by atoms with Gasteiger partial charge in [0.2, 0.25) is 0 Å². The molecule has 0 spiro atoms. The van der Waals surface area contributed by atoms with Crippen LogP contribution in [0.3, 0.4) is 0 Å². The summed E-state index contributed by atoms with van der Waals surface area (Å²) in [6.45, 7) is 3.23. The first-order valence-corrected chi connectivity index (χ1v) is 7.34. The predicted octanol–water partition coefficient (Wildman–Crippen LogP) is 3.65. The average Bonchev–Trinajstić information content (AvgIpc) is 2.45. The summed E-state index contributed by atoms with van der Waals surface area (Å²) in [6.07, 6.45) is 6.71. The molecule has 19 heavy (non-hydrogen) atoms. The zero-order valence-corrected chi connectivity index (χ0v) is 11.7. The van der Waals surface area contributed by atoms with Crippen LogP contribution in [0, 0.1) is 5.82 Å². The van der Waals surface area contributed by atoms with Crippen molar-refractivity contribution in [3.8, 4) is 0 Å². The summed E-state index contributed by atoms with van der Waals surface area (Å²) in [7, 11) is 0. The van der Waals surface area contributed by atoms with E-state index >= 15 is 0 Å². The molecule has 1 aromatic rings. The van der Waals surface area contributed by atoms with Gasteiger partial charge < -0.3 is 10.1 Å². The van der Waals surface area contributed by atoms with Crippen molar-refractivity contribution in [2.45, 2.75) is 57.8 Å². The van der Waals surface area contributed by atoms with Crippen molar-refractivity contribution in [2.24, 2.45) is 0 Å². The summed E-state index contributed by atoms with van der Waals surface area (Å²) in [5.74, 6) is -0.185. The van der Waals surface area contributed by atoms with Gasteiger partial charge in [-0.3, -0.25) is 0 Å². The number of benzene rings is 1. The summed E-state index contributed by atoms with van der Waals surface area (Å²) in [6, 6.07) is 7.44. The lowest BCUT2D eigenvalue weighted by atomic mass is 9.95. The van der Waals surface area contributed by atoms with Gasteiger partial charge in [0.15, 0.2) is 0 Å². The largest absolute Gasteiger partial charge is 0.372 e. The van der Waals surface area contributed by atoms with E-state index in [0.717, 1.165) is 6.54 Å². The molecule has 0 saturated heterocycles. The Morgan fingerprint density at radius 3 is 2.74 bits per heavy atom. The van der Waals surface area contributed by atoms with Crippen molar-refractivity contribution in [3.05, 3.63) is 35.6 Å². The Morgan fingerprint density at radius 1 is 1.26 bits per heavy atom. The highest BCUT2D eigenvalue weighted by Gasteiger charge is 2.14. The molecule has 1 N–H and O–H groups in total. The lowest BCUT2D eigenvalue weighted by Gasteiger charge is -2.24. The lowest BCUT2D eigenvalue weighted by Crippen LogP contribution is -2.36. The number of rotatable bonds is 6. The Hall–Kier alpha value is -0.930. The van der Waals surface area contributed by atoms with E-state index in [1.807, 2.05) is 13.0 Å². The lowest BCUT2D eigenvalue weighted by molar-refractivity contribution is 0.0488. The van der Waals surface area contributed by atoms with Gasteiger partial charge in [-0.1, -0.05) is 37.5 Å². The third kappa shape index (κ3) is 4.92. The fourth-order valence-corrected chi connectivity index (χ4v) is 2.55. The molecular weight excluding hydrogens is 241 g/mol. The van der Waals surface area contributed by atoms with E-state index in [1.54, 1.807) is 12.1 Å². The highest BCUT2D eigenvalue weighted by molar-refractivity contribution is 5.16. The summed E-state index contributed by atoms with van der Waals surface area (Å²) in [4.78, 5) is 0. The van der Waals surface area contributed by atoms with Crippen LogP contribution in [0.4, 0.5) is 4.39 Å². The van der Waals surface area contributed by atoms with Gasteiger partial charge >= 0.3 is 0 Å². The molecule has 1 aliphatic carbocycles. The highest BCUT2D eigenvalue weighted by Crippen LogP contribution is 2.17. The van der Waals surface area contributed by atoms with Gasteiger partial charge in [0.25, 0.3) is 0 Å². The SMILES string of the molecule is CC(CNC1CCCCC1)OCc1ccccc1F. The van der Waals surface area contributed by atoms with E-state index < -0.39 is 0 Å². The monoisotopic (exact) mass is 265 g/mol. The van der Waals surface area contributed by atoms with Crippen molar-refractivity contribution in [1.82, 2.24) is 5.32 Å². The van der Waals surface area contributed by atoms with Crippen LogP contribution in [0.25, 0.3) is 0 Å². The Bertz CT molecular complexity index is 377. The Kier molecular flexibility index (Phi) is 5.80. The Morgan fingerprint density at radius 2 is 2.00 bits per heavy atom. The second-order valence-corrected chi connectivity index (χ2v) is 5.46. The van der Waals surface area contributed by atoms with Crippen LogP contribution in [0.2, 0.25) is 0 Å². The van der Waals surface area contributed by atoms with Crippen molar-refractivity contribution in [2.75, 3.05) is 6.54 Å². The van der Waals surface area contributed by atoms with E-state index in [2.05, 4.69) is 5.32 Å². The number of ether oxygens (including phenoxy) is 1. The quantitative estimate of drug-likeness (QED) is 0.847. The molecule has 2 nitrogen and oxygen atoms in total. The van der Waals surface area contributed by atoms with Gasteiger partial charge in [-0.05, 0) is 25.8 Å². The van der Waals surface area contributed by atoms with Crippen LogP contribution in [-0.2, 0) is 11.3 Å². The van der Waals surface area contributed by atoms with Crippen molar-refractivity contribution in [3.63, 3.8) is 0 Å². The predicted molar refractivity (Wildman–Crippen MR) is 75.5 cm³/mol. The van der Waals surface area contributed by atoms with Crippen molar-refractivity contribution in [1.29, 1.82) is 0 Å². The highest BCUT2D eigenvalue weighted by atomic mass is 19.1. The summed E-state index contributed by atoms with van der Waals surface area (Å²) < 4.78 is 19.1. The van der Waals surface area contributed by atoms with Gasteiger partial charge in [-0.2, -0.15) is 0 Å². The summed E-state index contributed by atoms with van der Waals surface area (Å²) in [5, 5.41) is 3.55. The van der Waals surface area contributed by atoms with E-state index in [-0.39, 0.29) is 11.9 Å². The zero-order chi connectivity index (χ0) is 13.5. The van der Waals surface area contributed by atoms with Gasteiger partial charge in [0, 0.05) is 18.2 Å². The number of hydrogen-bond donors (Lipinski definition) is 1. The molecule has 1 fully saturated rings. The molecule has 1 atom stereocenters. The topological polar surface area (TPSA) is 21.3 Å². The molecule has 0 bridgehead atoms. The van der Waals surface area contributed by atoms with Crippen LogP contribution in [-0.4, -0.2) is 18.7 Å². The third-order valence-electron chi connectivity index (χ3n) is 3.78. The molecule has 3 heteroatoms. The molecule has 2 rings (SSSR count). The molecule has 0 radical (unpaired) electrons. The number of hydrogen-bond acceptors (Lipinski definition) is 2. The fourth-order valence-electron chi connectivity index (χ4n) is 2.55. The second kappa shape index (κ2) is 7.61. The third-order valence-corrected chi connectivity index (χ3v) is 3.78. The standard InChI is InChI=1S/C16H24FNO/c1-13(11-18-15-8-3-2-4-9-15)19-12-14-7-5-6-10-16(14)17/h5-7,10,13,15,18H,2-4,8-9,11-12H2,1H3. The van der Waals surface area contributed by atoms with Crippen LogP contribution in [0.5, 0.6) is 0 Å². The van der Waals surface area contributed by atoms with Gasteiger partial charge in [-0.15, -0.1) is 0 Å². The molecule has 0 heterocycles. The second-order valence-electron chi connectivity index (χ2n) is 5.46. The maximum atomic E-state index is 13.4. The maximum absolute atomic E-state index is 13.4. The first-order chi connectivity index (χ1) is 9.25. The molecule has 1 aliphatic rings. The average molecular weight is 265 g/mol. The zero-order valence-electron chi connectivity index (χ0n) is 11.7. The van der Waals surface area contributed by atoms with E-state index in [4.69, 9.17) is 4.74 Å². The molecule has 1 aromatic carbocycles. The smallest absolute Gasteiger partial charge is 0.128 e. The van der Waals surface area contributed by atoms with Crippen LogP contribution in [0.1, 0.15) is 44.6 Å². The minimum absolute atomic E-state index is 0.113. The number of halogens is 1. The molecule has 0 amide bonds. The summed E-state index contributed by atoms with van der Waals surface area (Å²) in [5.41, 5.74) is 0.631. The van der Waals surface area contributed by atoms with E-state index in [1.165, 1.54) is 38.2 Å². The molecule has 0 aromatic heterocycles. The summed E-state index contributed by atoms with van der Waals surface area (Å²) >= 11 is 0. The minimum Gasteiger partial charge on any atom is -0.372 e. The van der Waals surface area contributed by atoms with Crippen LogP contribution in [0.15, 0.2) is 24.3 Å². The van der Waals surface area contributed by atoms with E-state index in [0.29, 0.717) is 18.2 Å².